The second kappa shape index (κ2) is 3.37. The quantitative estimate of drug-likeness (QED) is 0.517. The molecule has 15 heavy (non-hydrogen) atoms. The minimum Gasteiger partial charge on any atom is -0.483 e. The van der Waals surface area contributed by atoms with Crippen LogP contribution >= 0.6 is 0 Å². The number of aliphatic imine (C=N–C) groups is 1. The number of carbonyl (C=O) groups excluding carboxylic acids is 1. The van der Waals surface area contributed by atoms with Gasteiger partial charge in [-0.05, 0) is 38.1 Å². The third-order valence-corrected chi connectivity index (χ3v) is 2.21. The third kappa shape index (κ3) is 1.97. The number of nitrogens with zero attached hydrogens (tertiary/aromatic N) is 1. The molecule has 0 bridgehead atoms. The standard InChI is InChI=1S/C12H11NO2/c1-12(2)6-5-9-7-10(13-8-14)3-4-11(9)15-12/h3-7H,1-2H3. The monoisotopic (exact) mass is 201 g/mol. The summed E-state index contributed by atoms with van der Waals surface area (Å²) < 4.78 is 5.73. The smallest absolute Gasteiger partial charge is 0.240 e. The number of benzene rings is 1. The van der Waals surface area contributed by atoms with E-state index in [4.69, 9.17) is 4.74 Å². The van der Waals surface area contributed by atoms with Gasteiger partial charge in [0.15, 0.2) is 0 Å². The molecule has 3 nitrogen and oxygen atoms in total. The van der Waals surface area contributed by atoms with Crippen LogP contribution in [-0.4, -0.2) is 11.7 Å². The summed E-state index contributed by atoms with van der Waals surface area (Å²) in [6.45, 7) is 3.98. The maximum absolute atomic E-state index is 10.1. The van der Waals surface area contributed by atoms with Crippen molar-refractivity contribution in [1.29, 1.82) is 0 Å². The fourth-order valence-corrected chi connectivity index (χ4v) is 1.49. The van der Waals surface area contributed by atoms with Crippen LogP contribution in [0.1, 0.15) is 19.4 Å². The summed E-state index contributed by atoms with van der Waals surface area (Å²) in [4.78, 5) is 13.7. The van der Waals surface area contributed by atoms with Crippen LogP contribution in [0.4, 0.5) is 5.69 Å². The first-order valence-corrected chi connectivity index (χ1v) is 4.71. The molecule has 76 valence electrons. The van der Waals surface area contributed by atoms with Gasteiger partial charge in [-0.15, -0.1) is 0 Å². The van der Waals surface area contributed by atoms with Crippen molar-refractivity contribution in [3.05, 3.63) is 29.8 Å². The summed E-state index contributed by atoms with van der Waals surface area (Å²) in [6.07, 6.45) is 5.47. The van der Waals surface area contributed by atoms with Gasteiger partial charge in [0, 0.05) is 5.56 Å². The lowest BCUT2D eigenvalue weighted by Crippen LogP contribution is -2.27. The molecule has 0 amide bonds. The Bertz CT molecular complexity index is 469. The van der Waals surface area contributed by atoms with Crippen molar-refractivity contribution in [2.75, 3.05) is 0 Å². The predicted octanol–water partition coefficient (Wildman–Crippen LogP) is 2.84. The fourth-order valence-electron chi connectivity index (χ4n) is 1.49. The highest BCUT2D eigenvalue weighted by atomic mass is 16.5. The molecule has 0 saturated carbocycles. The van der Waals surface area contributed by atoms with E-state index in [1.165, 1.54) is 6.08 Å². The van der Waals surface area contributed by atoms with E-state index < -0.39 is 0 Å². The molecule has 0 aromatic heterocycles. The molecule has 0 unspecified atom stereocenters. The van der Waals surface area contributed by atoms with Crippen LogP contribution in [0, 0.1) is 0 Å². The Morgan fingerprint density at radius 2 is 2.20 bits per heavy atom. The molecule has 2 rings (SSSR count). The average molecular weight is 201 g/mol. The zero-order chi connectivity index (χ0) is 10.9. The van der Waals surface area contributed by atoms with E-state index in [2.05, 4.69) is 4.99 Å². The minimum atomic E-state index is -0.275. The molecule has 1 heterocycles. The molecule has 3 heteroatoms. The molecule has 1 aromatic rings. The Kier molecular flexibility index (Phi) is 2.18. The van der Waals surface area contributed by atoms with Crippen LogP contribution in [0.2, 0.25) is 0 Å². The van der Waals surface area contributed by atoms with Gasteiger partial charge in [0.25, 0.3) is 0 Å². The van der Waals surface area contributed by atoms with Crippen LogP contribution in [0.5, 0.6) is 5.75 Å². The summed E-state index contributed by atoms with van der Waals surface area (Å²) in [5.41, 5.74) is 1.25. The zero-order valence-corrected chi connectivity index (χ0v) is 8.65. The number of isocyanates is 1. The summed E-state index contributed by atoms with van der Waals surface area (Å²) in [7, 11) is 0. The van der Waals surface area contributed by atoms with Gasteiger partial charge in [-0.25, -0.2) is 4.79 Å². The van der Waals surface area contributed by atoms with Crippen molar-refractivity contribution < 1.29 is 9.53 Å². The van der Waals surface area contributed by atoms with Crippen molar-refractivity contribution in [1.82, 2.24) is 0 Å². The zero-order valence-electron chi connectivity index (χ0n) is 8.65. The molecule has 1 aromatic carbocycles. The lowest BCUT2D eigenvalue weighted by atomic mass is 10.0. The van der Waals surface area contributed by atoms with Crippen molar-refractivity contribution in [3.8, 4) is 5.75 Å². The molecule has 0 atom stereocenters. The SMILES string of the molecule is CC1(C)C=Cc2cc(N=C=O)ccc2O1. The molecular formula is C12H11NO2. The maximum atomic E-state index is 10.1. The summed E-state index contributed by atoms with van der Waals surface area (Å²) in [6, 6.07) is 5.35. The first-order valence-electron chi connectivity index (χ1n) is 4.71. The maximum Gasteiger partial charge on any atom is 0.240 e. The average Bonchev–Trinajstić information content (AvgIpc) is 2.18. The second-order valence-corrected chi connectivity index (χ2v) is 3.96. The van der Waals surface area contributed by atoms with Crippen LogP contribution < -0.4 is 4.74 Å². The topological polar surface area (TPSA) is 38.7 Å². The number of rotatable bonds is 1. The summed E-state index contributed by atoms with van der Waals surface area (Å²) in [5.74, 6) is 0.812. The van der Waals surface area contributed by atoms with E-state index in [0.717, 1.165) is 11.3 Å². The molecule has 0 saturated heterocycles. The van der Waals surface area contributed by atoms with Crippen LogP contribution in [0.3, 0.4) is 0 Å². The molecule has 0 fully saturated rings. The third-order valence-electron chi connectivity index (χ3n) is 2.21. The van der Waals surface area contributed by atoms with Crippen molar-refractivity contribution >= 4 is 17.8 Å². The Labute approximate surface area is 88.1 Å². The van der Waals surface area contributed by atoms with Crippen LogP contribution in [-0.2, 0) is 4.79 Å². The van der Waals surface area contributed by atoms with Gasteiger partial charge < -0.3 is 4.74 Å². The van der Waals surface area contributed by atoms with E-state index >= 15 is 0 Å². The van der Waals surface area contributed by atoms with Crippen molar-refractivity contribution in [2.45, 2.75) is 19.4 Å². The van der Waals surface area contributed by atoms with E-state index in [1.807, 2.05) is 32.1 Å². The van der Waals surface area contributed by atoms with Gasteiger partial charge in [0.05, 0.1) is 5.69 Å². The highest BCUT2D eigenvalue weighted by molar-refractivity contribution is 5.66. The number of fused-ring (bicyclic) bond motifs is 1. The van der Waals surface area contributed by atoms with Gasteiger partial charge in [0.2, 0.25) is 6.08 Å². The number of hydrogen-bond donors (Lipinski definition) is 0. The van der Waals surface area contributed by atoms with E-state index in [-0.39, 0.29) is 5.60 Å². The summed E-state index contributed by atoms with van der Waals surface area (Å²) >= 11 is 0. The highest BCUT2D eigenvalue weighted by Crippen LogP contribution is 2.33. The van der Waals surface area contributed by atoms with Gasteiger partial charge in [0.1, 0.15) is 11.4 Å². The molecule has 1 aliphatic heterocycles. The van der Waals surface area contributed by atoms with Crippen LogP contribution in [0.25, 0.3) is 6.08 Å². The summed E-state index contributed by atoms with van der Waals surface area (Å²) in [5, 5.41) is 0. The van der Waals surface area contributed by atoms with E-state index in [0.29, 0.717) is 5.69 Å². The molecule has 0 aliphatic carbocycles. The largest absolute Gasteiger partial charge is 0.483 e. The molecule has 1 aliphatic rings. The fraction of sp³-hybridized carbons (Fsp3) is 0.250. The van der Waals surface area contributed by atoms with Crippen molar-refractivity contribution in [2.24, 2.45) is 4.99 Å². The Hall–Kier alpha value is -1.86. The molecule has 0 radical (unpaired) electrons. The molecule has 0 spiro atoms. The lowest BCUT2D eigenvalue weighted by Gasteiger charge is -2.27. The Morgan fingerprint density at radius 1 is 1.40 bits per heavy atom. The van der Waals surface area contributed by atoms with Gasteiger partial charge in [-0.2, -0.15) is 4.99 Å². The van der Waals surface area contributed by atoms with E-state index in [1.54, 1.807) is 12.1 Å². The van der Waals surface area contributed by atoms with Gasteiger partial charge in [-0.3, -0.25) is 0 Å². The second-order valence-electron chi connectivity index (χ2n) is 3.96. The first kappa shape index (κ1) is 9.69. The highest BCUT2D eigenvalue weighted by Gasteiger charge is 2.21. The van der Waals surface area contributed by atoms with Gasteiger partial charge >= 0.3 is 0 Å². The van der Waals surface area contributed by atoms with Gasteiger partial charge in [-0.1, -0.05) is 6.08 Å². The van der Waals surface area contributed by atoms with Crippen LogP contribution in [0.15, 0.2) is 29.3 Å². The minimum absolute atomic E-state index is 0.275. The molecular weight excluding hydrogens is 190 g/mol. The number of ether oxygens (including phenoxy) is 1. The normalized spacial score (nSPS) is 16.1. The van der Waals surface area contributed by atoms with Crippen molar-refractivity contribution in [3.63, 3.8) is 0 Å². The Balaban J connectivity index is 2.44. The molecule has 0 N–H and O–H groups in total. The number of hydrogen-bond acceptors (Lipinski definition) is 3. The Morgan fingerprint density at radius 3 is 2.93 bits per heavy atom. The lowest BCUT2D eigenvalue weighted by molar-refractivity contribution is 0.159. The van der Waals surface area contributed by atoms with E-state index in [9.17, 15) is 4.79 Å². The first-order chi connectivity index (χ1) is 7.11. The predicted molar refractivity (Wildman–Crippen MR) is 58.0 cm³/mol.